The SMILES string of the molecule is O=C(Nc1ncc(Cl)cn1)c1cccnc1NCc1ccc(F)cc1. The number of nitrogens with one attached hydrogen (secondary N) is 2. The zero-order valence-corrected chi connectivity index (χ0v) is 13.7. The highest BCUT2D eigenvalue weighted by atomic mass is 35.5. The highest BCUT2D eigenvalue weighted by molar-refractivity contribution is 6.30. The average Bonchev–Trinajstić information content (AvgIpc) is 2.63. The molecule has 3 aromatic rings. The van der Waals surface area contributed by atoms with Crippen LogP contribution < -0.4 is 10.6 Å². The van der Waals surface area contributed by atoms with Crippen LogP contribution in [-0.2, 0) is 6.54 Å². The molecule has 3 rings (SSSR count). The van der Waals surface area contributed by atoms with Gasteiger partial charge in [-0.05, 0) is 29.8 Å². The van der Waals surface area contributed by atoms with Gasteiger partial charge in [-0.1, -0.05) is 23.7 Å². The van der Waals surface area contributed by atoms with Crippen molar-refractivity contribution >= 4 is 29.3 Å². The van der Waals surface area contributed by atoms with Gasteiger partial charge in [0.1, 0.15) is 11.6 Å². The number of halogens is 2. The summed E-state index contributed by atoms with van der Waals surface area (Å²) in [4.78, 5) is 24.5. The standard InChI is InChI=1S/C17H13ClFN5O/c18-12-9-22-17(23-10-12)24-16(25)14-2-1-7-20-15(14)21-8-11-3-5-13(19)6-4-11/h1-7,9-10H,8H2,(H,20,21)(H,22,23,24,25). The predicted molar refractivity (Wildman–Crippen MR) is 93.0 cm³/mol. The molecule has 6 nitrogen and oxygen atoms in total. The monoisotopic (exact) mass is 357 g/mol. The molecule has 0 aliphatic heterocycles. The molecule has 0 bridgehead atoms. The van der Waals surface area contributed by atoms with Gasteiger partial charge in [0.15, 0.2) is 0 Å². The van der Waals surface area contributed by atoms with Gasteiger partial charge in [-0.15, -0.1) is 0 Å². The third kappa shape index (κ3) is 4.48. The highest BCUT2D eigenvalue weighted by Crippen LogP contribution is 2.15. The smallest absolute Gasteiger partial charge is 0.261 e. The molecule has 0 fully saturated rings. The summed E-state index contributed by atoms with van der Waals surface area (Å²) in [5, 5.41) is 6.03. The molecule has 1 aromatic carbocycles. The first-order valence-corrected chi connectivity index (χ1v) is 7.72. The van der Waals surface area contributed by atoms with Gasteiger partial charge in [0.2, 0.25) is 5.95 Å². The molecule has 0 saturated carbocycles. The summed E-state index contributed by atoms with van der Waals surface area (Å²) in [6.45, 7) is 0.398. The number of hydrogen-bond donors (Lipinski definition) is 2. The normalized spacial score (nSPS) is 10.3. The lowest BCUT2D eigenvalue weighted by Crippen LogP contribution is -2.17. The van der Waals surface area contributed by atoms with E-state index in [0.717, 1.165) is 5.56 Å². The first-order valence-electron chi connectivity index (χ1n) is 7.34. The van der Waals surface area contributed by atoms with Crippen molar-refractivity contribution in [3.05, 3.63) is 77.0 Å². The van der Waals surface area contributed by atoms with Crippen LogP contribution >= 0.6 is 11.6 Å². The van der Waals surface area contributed by atoms with Crippen molar-refractivity contribution in [3.8, 4) is 0 Å². The maximum Gasteiger partial charge on any atom is 0.261 e. The molecular formula is C17H13ClFN5O. The average molecular weight is 358 g/mol. The second-order valence-corrected chi connectivity index (χ2v) is 5.50. The molecule has 1 amide bonds. The Morgan fingerprint density at radius 3 is 2.52 bits per heavy atom. The number of rotatable bonds is 5. The summed E-state index contributed by atoms with van der Waals surface area (Å²) in [5.41, 5.74) is 1.20. The molecule has 126 valence electrons. The van der Waals surface area contributed by atoms with Crippen molar-refractivity contribution in [2.75, 3.05) is 10.6 Å². The molecule has 8 heteroatoms. The van der Waals surface area contributed by atoms with Crippen LogP contribution in [0.15, 0.2) is 55.0 Å². The van der Waals surface area contributed by atoms with Crippen LogP contribution in [0.5, 0.6) is 0 Å². The van der Waals surface area contributed by atoms with E-state index >= 15 is 0 Å². The van der Waals surface area contributed by atoms with E-state index in [0.29, 0.717) is 22.9 Å². The lowest BCUT2D eigenvalue weighted by Gasteiger charge is -2.10. The first-order chi connectivity index (χ1) is 12.1. The molecule has 0 aliphatic carbocycles. The van der Waals surface area contributed by atoms with Crippen molar-refractivity contribution < 1.29 is 9.18 Å². The van der Waals surface area contributed by atoms with Crippen LogP contribution in [0.4, 0.5) is 16.2 Å². The predicted octanol–water partition coefficient (Wildman–Crippen LogP) is 3.53. The van der Waals surface area contributed by atoms with Crippen LogP contribution in [0, 0.1) is 5.82 Å². The number of anilines is 2. The zero-order valence-electron chi connectivity index (χ0n) is 12.9. The van der Waals surface area contributed by atoms with Crippen LogP contribution in [0.3, 0.4) is 0 Å². The molecule has 0 radical (unpaired) electrons. The summed E-state index contributed by atoms with van der Waals surface area (Å²) < 4.78 is 12.9. The maximum atomic E-state index is 12.9. The van der Waals surface area contributed by atoms with E-state index in [4.69, 9.17) is 11.6 Å². The van der Waals surface area contributed by atoms with Crippen molar-refractivity contribution in [2.24, 2.45) is 0 Å². The van der Waals surface area contributed by atoms with E-state index in [2.05, 4.69) is 25.6 Å². The summed E-state index contributed by atoms with van der Waals surface area (Å²) in [5.74, 6) is -0.164. The first kappa shape index (κ1) is 16.8. The quantitative estimate of drug-likeness (QED) is 0.730. The van der Waals surface area contributed by atoms with Gasteiger partial charge in [0, 0.05) is 12.7 Å². The van der Waals surface area contributed by atoms with Gasteiger partial charge in [0.05, 0.1) is 23.0 Å². The topological polar surface area (TPSA) is 79.8 Å². The van der Waals surface area contributed by atoms with E-state index in [1.165, 1.54) is 24.5 Å². The molecule has 0 spiro atoms. The number of nitrogens with zero attached hydrogens (tertiary/aromatic N) is 3. The minimum atomic E-state index is -0.406. The lowest BCUT2D eigenvalue weighted by atomic mass is 10.2. The van der Waals surface area contributed by atoms with Gasteiger partial charge < -0.3 is 5.32 Å². The van der Waals surface area contributed by atoms with Crippen LogP contribution in [0.25, 0.3) is 0 Å². The minimum Gasteiger partial charge on any atom is -0.365 e. The van der Waals surface area contributed by atoms with Crippen molar-refractivity contribution in [1.29, 1.82) is 0 Å². The van der Waals surface area contributed by atoms with Crippen LogP contribution in [-0.4, -0.2) is 20.9 Å². The Morgan fingerprint density at radius 2 is 1.80 bits per heavy atom. The fraction of sp³-hybridized carbons (Fsp3) is 0.0588. The molecule has 25 heavy (non-hydrogen) atoms. The molecule has 0 aliphatic rings. The van der Waals surface area contributed by atoms with Crippen molar-refractivity contribution in [1.82, 2.24) is 15.0 Å². The van der Waals surface area contributed by atoms with Crippen molar-refractivity contribution in [2.45, 2.75) is 6.54 Å². The van der Waals surface area contributed by atoms with Gasteiger partial charge >= 0.3 is 0 Å². The Kier molecular flexibility index (Phi) is 5.15. The third-order valence-electron chi connectivity index (χ3n) is 3.27. The Labute approximate surface area is 148 Å². The van der Waals surface area contributed by atoms with Crippen LogP contribution in [0.2, 0.25) is 5.02 Å². The Morgan fingerprint density at radius 1 is 1.08 bits per heavy atom. The maximum absolute atomic E-state index is 12.9. The van der Waals surface area contributed by atoms with E-state index < -0.39 is 5.91 Å². The number of aromatic nitrogens is 3. The Balaban J connectivity index is 1.72. The second kappa shape index (κ2) is 7.67. The van der Waals surface area contributed by atoms with Gasteiger partial charge in [-0.25, -0.2) is 19.3 Å². The Bertz CT molecular complexity index is 871. The van der Waals surface area contributed by atoms with Gasteiger partial charge in [-0.3, -0.25) is 10.1 Å². The third-order valence-corrected chi connectivity index (χ3v) is 3.47. The number of carbonyl (C=O) groups is 1. The van der Waals surface area contributed by atoms with Crippen molar-refractivity contribution in [3.63, 3.8) is 0 Å². The fourth-order valence-electron chi connectivity index (χ4n) is 2.06. The molecule has 2 aromatic heterocycles. The Hall–Kier alpha value is -3.06. The summed E-state index contributed by atoms with van der Waals surface area (Å²) in [6.07, 6.45) is 4.35. The highest BCUT2D eigenvalue weighted by Gasteiger charge is 2.13. The molecule has 0 saturated heterocycles. The largest absolute Gasteiger partial charge is 0.365 e. The molecule has 2 N–H and O–H groups in total. The molecular weight excluding hydrogens is 345 g/mol. The molecule has 0 atom stereocenters. The zero-order chi connectivity index (χ0) is 17.6. The minimum absolute atomic E-state index is 0.141. The summed E-state index contributed by atoms with van der Waals surface area (Å²) in [6, 6.07) is 9.35. The number of hydrogen-bond acceptors (Lipinski definition) is 5. The van der Waals surface area contributed by atoms with Gasteiger partial charge in [-0.2, -0.15) is 0 Å². The van der Waals surface area contributed by atoms with Crippen LogP contribution in [0.1, 0.15) is 15.9 Å². The van der Waals surface area contributed by atoms with Gasteiger partial charge in [0.25, 0.3) is 5.91 Å². The van der Waals surface area contributed by atoms with E-state index in [-0.39, 0.29) is 11.8 Å². The van der Waals surface area contributed by atoms with E-state index in [9.17, 15) is 9.18 Å². The number of amides is 1. The summed E-state index contributed by atoms with van der Waals surface area (Å²) in [7, 11) is 0. The summed E-state index contributed by atoms with van der Waals surface area (Å²) >= 11 is 5.72. The number of pyridine rings is 1. The van der Waals surface area contributed by atoms with E-state index in [1.807, 2.05) is 0 Å². The number of benzene rings is 1. The molecule has 2 heterocycles. The van der Waals surface area contributed by atoms with E-state index in [1.54, 1.807) is 30.5 Å². The molecule has 0 unspecified atom stereocenters. The lowest BCUT2D eigenvalue weighted by molar-refractivity contribution is 0.102. The second-order valence-electron chi connectivity index (χ2n) is 5.06. The fourth-order valence-corrected chi connectivity index (χ4v) is 2.16. The number of carbonyl (C=O) groups excluding carboxylic acids is 1.